The van der Waals surface area contributed by atoms with Crippen LogP contribution in [0.4, 0.5) is 5.69 Å². The molecule has 134 valence electrons. The number of aliphatic hydroxyl groups excluding tert-OH is 1. The summed E-state index contributed by atoms with van der Waals surface area (Å²) >= 11 is 3.29. The molecular formula is C18H16BrN3O4. The first-order valence-corrected chi connectivity index (χ1v) is 8.52. The Morgan fingerprint density at radius 1 is 1.27 bits per heavy atom. The lowest BCUT2D eigenvalue weighted by molar-refractivity contribution is 0.0600. The minimum atomic E-state index is -0.813. The van der Waals surface area contributed by atoms with E-state index in [9.17, 15) is 14.7 Å². The molecule has 1 unspecified atom stereocenters. The van der Waals surface area contributed by atoms with E-state index in [-0.39, 0.29) is 11.3 Å². The SMILES string of the molecule is COC(=O)c1c(N)c2ccc(Br)nc2n(-c2ccc(C(C)O)cc2)c1=O. The minimum absolute atomic E-state index is 0.0219. The Morgan fingerprint density at radius 2 is 1.92 bits per heavy atom. The van der Waals surface area contributed by atoms with Gasteiger partial charge in [-0.1, -0.05) is 12.1 Å². The van der Waals surface area contributed by atoms with Gasteiger partial charge in [-0.05, 0) is 52.7 Å². The van der Waals surface area contributed by atoms with Gasteiger partial charge in [0.25, 0.3) is 5.56 Å². The number of nitrogen functional groups attached to an aromatic ring is 1. The number of hydrogen-bond donors (Lipinski definition) is 2. The fraction of sp³-hybridized carbons (Fsp3) is 0.167. The van der Waals surface area contributed by atoms with Crippen LogP contribution in [0.5, 0.6) is 0 Å². The predicted octanol–water partition coefficient (Wildman–Crippen LogP) is 2.57. The highest BCUT2D eigenvalue weighted by Gasteiger charge is 2.23. The molecule has 0 fully saturated rings. The van der Waals surface area contributed by atoms with E-state index in [1.807, 2.05) is 0 Å². The number of carbonyl (C=O) groups excluding carboxylic acids is 1. The fourth-order valence-electron chi connectivity index (χ4n) is 2.70. The Bertz CT molecular complexity index is 1060. The first kappa shape index (κ1) is 18.1. The van der Waals surface area contributed by atoms with Crippen LogP contribution < -0.4 is 11.3 Å². The number of carbonyl (C=O) groups is 1. The van der Waals surface area contributed by atoms with E-state index < -0.39 is 17.6 Å². The van der Waals surface area contributed by atoms with Crippen molar-refractivity contribution >= 4 is 38.6 Å². The number of benzene rings is 1. The number of esters is 1. The second kappa shape index (κ2) is 6.89. The molecule has 26 heavy (non-hydrogen) atoms. The molecule has 0 bridgehead atoms. The monoisotopic (exact) mass is 417 g/mol. The summed E-state index contributed by atoms with van der Waals surface area (Å²) in [5, 5.41) is 10.1. The maximum atomic E-state index is 13.0. The molecule has 3 N–H and O–H groups in total. The van der Waals surface area contributed by atoms with Crippen LogP contribution in [-0.2, 0) is 4.74 Å². The van der Waals surface area contributed by atoms with Crippen molar-refractivity contribution in [1.29, 1.82) is 0 Å². The van der Waals surface area contributed by atoms with Crippen molar-refractivity contribution < 1.29 is 14.6 Å². The van der Waals surface area contributed by atoms with Gasteiger partial charge in [0.05, 0.1) is 24.6 Å². The first-order chi connectivity index (χ1) is 12.3. The summed E-state index contributed by atoms with van der Waals surface area (Å²) in [6, 6.07) is 10.1. The second-order valence-corrected chi connectivity index (χ2v) is 6.51. The average molecular weight is 418 g/mol. The molecular weight excluding hydrogens is 402 g/mol. The van der Waals surface area contributed by atoms with Crippen LogP contribution in [0, 0.1) is 0 Å². The van der Waals surface area contributed by atoms with Crippen LogP contribution in [0.3, 0.4) is 0 Å². The van der Waals surface area contributed by atoms with E-state index >= 15 is 0 Å². The number of nitrogens with zero attached hydrogens (tertiary/aromatic N) is 2. The summed E-state index contributed by atoms with van der Waals surface area (Å²) < 4.78 is 6.53. The molecule has 3 rings (SSSR count). The number of fused-ring (bicyclic) bond motifs is 1. The van der Waals surface area contributed by atoms with Crippen molar-refractivity contribution in [2.24, 2.45) is 0 Å². The summed E-state index contributed by atoms with van der Waals surface area (Å²) in [6.45, 7) is 1.65. The Labute approximate surface area is 157 Å². The highest BCUT2D eigenvalue weighted by molar-refractivity contribution is 9.10. The molecule has 0 saturated heterocycles. The Kier molecular flexibility index (Phi) is 4.80. The number of ether oxygens (including phenoxy) is 1. The van der Waals surface area contributed by atoms with Crippen LogP contribution in [0.1, 0.15) is 28.9 Å². The average Bonchev–Trinajstić information content (AvgIpc) is 2.61. The van der Waals surface area contributed by atoms with E-state index in [0.717, 1.165) is 0 Å². The van der Waals surface area contributed by atoms with Crippen LogP contribution in [-0.4, -0.2) is 27.7 Å². The molecule has 0 aliphatic carbocycles. The number of aromatic nitrogens is 2. The number of methoxy groups -OCH3 is 1. The fourth-order valence-corrected chi connectivity index (χ4v) is 3.00. The highest BCUT2D eigenvalue weighted by Crippen LogP contribution is 2.26. The molecule has 0 spiro atoms. The van der Waals surface area contributed by atoms with E-state index in [1.165, 1.54) is 11.7 Å². The third kappa shape index (κ3) is 2.97. The quantitative estimate of drug-likeness (QED) is 0.500. The number of nitrogens with two attached hydrogens (primary N) is 1. The molecule has 0 radical (unpaired) electrons. The molecule has 8 heteroatoms. The van der Waals surface area contributed by atoms with Gasteiger partial charge in [-0.15, -0.1) is 0 Å². The first-order valence-electron chi connectivity index (χ1n) is 7.72. The van der Waals surface area contributed by atoms with Gasteiger partial charge in [0.2, 0.25) is 0 Å². The molecule has 3 aromatic rings. The molecule has 0 aliphatic heterocycles. The highest BCUT2D eigenvalue weighted by atomic mass is 79.9. The number of hydrogen-bond acceptors (Lipinski definition) is 6. The molecule has 1 aromatic carbocycles. The number of halogens is 1. The normalized spacial score (nSPS) is 12.2. The second-order valence-electron chi connectivity index (χ2n) is 5.69. The zero-order chi connectivity index (χ0) is 19.0. The lowest BCUT2D eigenvalue weighted by atomic mass is 10.1. The minimum Gasteiger partial charge on any atom is -0.465 e. The van der Waals surface area contributed by atoms with E-state index in [4.69, 9.17) is 10.5 Å². The maximum Gasteiger partial charge on any atom is 0.345 e. The third-order valence-electron chi connectivity index (χ3n) is 4.05. The largest absolute Gasteiger partial charge is 0.465 e. The van der Waals surface area contributed by atoms with Gasteiger partial charge in [0.1, 0.15) is 10.2 Å². The van der Waals surface area contributed by atoms with E-state index in [0.29, 0.717) is 26.9 Å². The number of aliphatic hydroxyl groups is 1. The summed E-state index contributed by atoms with van der Waals surface area (Å²) in [5.41, 5.74) is 6.69. The number of anilines is 1. The van der Waals surface area contributed by atoms with Crippen molar-refractivity contribution in [3.05, 3.63) is 62.5 Å². The van der Waals surface area contributed by atoms with Gasteiger partial charge in [-0.3, -0.25) is 9.36 Å². The van der Waals surface area contributed by atoms with Gasteiger partial charge in [0.15, 0.2) is 5.65 Å². The van der Waals surface area contributed by atoms with Gasteiger partial charge in [-0.2, -0.15) is 0 Å². The van der Waals surface area contributed by atoms with Gasteiger partial charge >= 0.3 is 5.97 Å². The van der Waals surface area contributed by atoms with Gasteiger partial charge in [0, 0.05) is 5.39 Å². The topological polar surface area (TPSA) is 107 Å². The molecule has 1 atom stereocenters. The third-order valence-corrected chi connectivity index (χ3v) is 4.49. The zero-order valence-electron chi connectivity index (χ0n) is 14.1. The van der Waals surface area contributed by atoms with Crippen LogP contribution >= 0.6 is 15.9 Å². The van der Waals surface area contributed by atoms with Crippen LogP contribution in [0.15, 0.2) is 45.8 Å². The molecule has 0 aliphatic rings. The van der Waals surface area contributed by atoms with Crippen molar-refractivity contribution in [2.45, 2.75) is 13.0 Å². The van der Waals surface area contributed by atoms with Crippen LogP contribution in [0.2, 0.25) is 0 Å². The number of rotatable bonds is 3. The smallest absolute Gasteiger partial charge is 0.345 e. The Morgan fingerprint density at radius 3 is 2.50 bits per heavy atom. The molecule has 2 aromatic heterocycles. The predicted molar refractivity (Wildman–Crippen MR) is 101 cm³/mol. The zero-order valence-corrected chi connectivity index (χ0v) is 15.6. The summed E-state index contributed by atoms with van der Waals surface area (Å²) in [7, 11) is 1.19. The standard InChI is InChI=1S/C18H16BrN3O4/c1-9(23)10-3-5-11(6-4-10)22-16-12(7-8-13(19)21-16)15(20)14(17(22)24)18(25)26-2/h3-9,23H,20H2,1-2H3. The van der Waals surface area contributed by atoms with Gasteiger partial charge < -0.3 is 15.6 Å². The summed E-state index contributed by atoms with van der Waals surface area (Å²) in [4.78, 5) is 29.5. The van der Waals surface area contributed by atoms with E-state index in [1.54, 1.807) is 43.3 Å². The Balaban J connectivity index is 2.41. The number of pyridine rings is 2. The molecule has 0 saturated carbocycles. The van der Waals surface area contributed by atoms with Crippen molar-refractivity contribution in [2.75, 3.05) is 12.8 Å². The Hall–Kier alpha value is -2.71. The lowest BCUT2D eigenvalue weighted by Crippen LogP contribution is -2.28. The molecule has 2 heterocycles. The van der Waals surface area contributed by atoms with E-state index in [2.05, 4.69) is 20.9 Å². The van der Waals surface area contributed by atoms with Crippen LogP contribution in [0.25, 0.3) is 16.7 Å². The van der Waals surface area contributed by atoms with Crippen molar-refractivity contribution in [3.8, 4) is 5.69 Å². The lowest BCUT2D eigenvalue weighted by Gasteiger charge is -2.15. The molecule has 0 amide bonds. The summed E-state index contributed by atoms with van der Waals surface area (Å²) in [6.07, 6.45) is -0.637. The maximum absolute atomic E-state index is 13.0. The molecule has 7 nitrogen and oxygen atoms in total. The summed E-state index contributed by atoms with van der Waals surface area (Å²) in [5.74, 6) is -0.813. The van der Waals surface area contributed by atoms with Crippen molar-refractivity contribution in [1.82, 2.24) is 9.55 Å². The van der Waals surface area contributed by atoms with Crippen molar-refractivity contribution in [3.63, 3.8) is 0 Å². The van der Waals surface area contributed by atoms with Gasteiger partial charge in [-0.25, -0.2) is 9.78 Å².